The number of aromatic nitrogens is 2. The van der Waals surface area contributed by atoms with E-state index in [1.165, 1.54) is 24.3 Å². The van der Waals surface area contributed by atoms with Gasteiger partial charge in [0, 0.05) is 23.9 Å². The molecule has 0 atom stereocenters. The summed E-state index contributed by atoms with van der Waals surface area (Å²) >= 11 is 1.08. The van der Waals surface area contributed by atoms with Gasteiger partial charge in [0.1, 0.15) is 0 Å². The molecule has 0 saturated carbocycles. The molecular weight excluding hydrogens is 354 g/mol. The predicted octanol–water partition coefficient (Wildman–Crippen LogP) is 3.48. The van der Waals surface area contributed by atoms with Crippen molar-refractivity contribution in [3.05, 3.63) is 58.1 Å². The van der Waals surface area contributed by atoms with Crippen LogP contribution in [0.15, 0.2) is 41.6 Å². The third kappa shape index (κ3) is 3.91. The van der Waals surface area contributed by atoms with E-state index in [9.17, 15) is 23.7 Å². The van der Waals surface area contributed by atoms with Crippen LogP contribution in [-0.2, 0) is 4.79 Å². The van der Waals surface area contributed by atoms with Gasteiger partial charge >= 0.3 is 0 Å². The molecule has 25 heavy (non-hydrogen) atoms. The molecule has 0 fully saturated rings. The Balaban J connectivity index is 1.64. The molecular formula is C15H10F2N4O3S. The number of rotatable bonds is 5. The molecule has 0 aliphatic rings. The standard InChI is InChI=1S/C15H10F2N4O3S/c16-10-3-1-8(5-11(10)17)18-14(22)7-25-15-19-12-4-2-9(21(23)24)6-13(12)20-15/h1-6H,7H2,(H,18,22)(H,19,20). The molecule has 1 aromatic heterocycles. The lowest BCUT2D eigenvalue weighted by Crippen LogP contribution is -2.14. The van der Waals surface area contributed by atoms with E-state index in [4.69, 9.17) is 0 Å². The van der Waals surface area contributed by atoms with Crippen LogP contribution in [-0.4, -0.2) is 26.6 Å². The number of nitro benzene ring substituents is 1. The summed E-state index contributed by atoms with van der Waals surface area (Å²) in [4.78, 5) is 29.2. The molecule has 0 spiro atoms. The molecule has 3 aromatic rings. The van der Waals surface area contributed by atoms with Gasteiger partial charge in [-0.1, -0.05) is 11.8 Å². The smallest absolute Gasteiger partial charge is 0.271 e. The molecule has 0 aliphatic carbocycles. The molecule has 2 aromatic carbocycles. The Morgan fingerprint density at radius 1 is 1.24 bits per heavy atom. The first-order chi connectivity index (χ1) is 11.9. The number of hydrogen-bond donors (Lipinski definition) is 2. The van der Waals surface area contributed by atoms with E-state index in [1.54, 1.807) is 0 Å². The van der Waals surface area contributed by atoms with Crippen molar-refractivity contribution < 1.29 is 18.5 Å². The van der Waals surface area contributed by atoms with E-state index in [0.717, 1.165) is 23.9 Å². The van der Waals surface area contributed by atoms with Gasteiger partial charge in [0.05, 0.1) is 21.7 Å². The first kappa shape index (κ1) is 16.8. The Hall–Kier alpha value is -3.01. The number of carbonyl (C=O) groups is 1. The van der Waals surface area contributed by atoms with Gasteiger partial charge < -0.3 is 10.3 Å². The fraction of sp³-hybridized carbons (Fsp3) is 0.0667. The second-order valence-corrected chi connectivity index (χ2v) is 5.93. The quantitative estimate of drug-likeness (QED) is 0.410. The number of carbonyl (C=O) groups excluding carboxylic acids is 1. The SMILES string of the molecule is O=C(CSc1nc2ccc([N+](=O)[O-])cc2[nH]1)Nc1ccc(F)c(F)c1. The Morgan fingerprint density at radius 2 is 2.04 bits per heavy atom. The average molecular weight is 364 g/mol. The first-order valence-electron chi connectivity index (χ1n) is 6.94. The van der Waals surface area contributed by atoms with Gasteiger partial charge in [0.15, 0.2) is 16.8 Å². The summed E-state index contributed by atoms with van der Waals surface area (Å²) in [7, 11) is 0. The number of anilines is 1. The van der Waals surface area contributed by atoms with Crippen LogP contribution in [0.5, 0.6) is 0 Å². The summed E-state index contributed by atoms with van der Waals surface area (Å²) in [6.07, 6.45) is 0. The van der Waals surface area contributed by atoms with Crippen LogP contribution >= 0.6 is 11.8 Å². The Morgan fingerprint density at radius 3 is 2.76 bits per heavy atom. The summed E-state index contributed by atoms with van der Waals surface area (Å²) in [5.74, 6) is -2.50. The summed E-state index contributed by atoms with van der Waals surface area (Å²) in [6.45, 7) is 0. The van der Waals surface area contributed by atoms with Crippen LogP contribution in [0.1, 0.15) is 0 Å². The minimum Gasteiger partial charge on any atom is -0.333 e. The second-order valence-electron chi connectivity index (χ2n) is 4.97. The monoisotopic (exact) mass is 364 g/mol. The molecule has 128 valence electrons. The van der Waals surface area contributed by atoms with Crippen LogP contribution in [0, 0.1) is 21.7 Å². The first-order valence-corrected chi connectivity index (χ1v) is 7.93. The van der Waals surface area contributed by atoms with Gasteiger partial charge in [-0.3, -0.25) is 14.9 Å². The zero-order valence-corrected chi connectivity index (χ0v) is 13.3. The van der Waals surface area contributed by atoms with Crippen molar-refractivity contribution in [3.8, 4) is 0 Å². The molecule has 0 unspecified atom stereocenters. The van der Waals surface area contributed by atoms with E-state index in [2.05, 4.69) is 15.3 Å². The zero-order chi connectivity index (χ0) is 18.0. The number of halogens is 2. The summed E-state index contributed by atoms with van der Waals surface area (Å²) in [5.41, 5.74) is 1.10. The maximum atomic E-state index is 13.1. The van der Waals surface area contributed by atoms with Crippen LogP contribution < -0.4 is 5.32 Å². The lowest BCUT2D eigenvalue weighted by Gasteiger charge is -2.04. The molecule has 3 rings (SSSR count). The number of benzene rings is 2. The molecule has 1 amide bonds. The highest BCUT2D eigenvalue weighted by Gasteiger charge is 2.12. The minimum absolute atomic E-state index is 0.0269. The van der Waals surface area contributed by atoms with Gasteiger partial charge in [-0.25, -0.2) is 13.8 Å². The van der Waals surface area contributed by atoms with Gasteiger partial charge in [-0.05, 0) is 18.2 Å². The van der Waals surface area contributed by atoms with Crippen molar-refractivity contribution in [1.29, 1.82) is 0 Å². The summed E-state index contributed by atoms with van der Waals surface area (Å²) in [6, 6.07) is 7.26. The molecule has 0 aliphatic heterocycles. The highest BCUT2D eigenvalue weighted by molar-refractivity contribution is 7.99. The van der Waals surface area contributed by atoms with Gasteiger partial charge in [-0.2, -0.15) is 0 Å². The van der Waals surface area contributed by atoms with Crippen LogP contribution in [0.25, 0.3) is 11.0 Å². The Kier molecular flexibility index (Phi) is 4.61. The highest BCUT2D eigenvalue weighted by atomic mass is 32.2. The van der Waals surface area contributed by atoms with Crippen molar-refractivity contribution in [2.45, 2.75) is 5.16 Å². The molecule has 1 heterocycles. The normalized spacial score (nSPS) is 10.8. The second kappa shape index (κ2) is 6.85. The molecule has 0 saturated heterocycles. The number of thioether (sulfide) groups is 1. The summed E-state index contributed by atoms with van der Waals surface area (Å²) in [5, 5.41) is 13.6. The number of aromatic amines is 1. The maximum Gasteiger partial charge on any atom is 0.271 e. The number of amides is 1. The van der Waals surface area contributed by atoms with E-state index in [1.807, 2.05) is 0 Å². The van der Waals surface area contributed by atoms with E-state index < -0.39 is 22.5 Å². The number of nitrogens with one attached hydrogen (secondary N) is 2. The van der Waals surface area contributed by atoms with Gasteiger partial charge in [0.25, 0.3) is 5.69 Å². The topological polar surface area (TPSA) is 101 Å². The summed E-state index contributed by atoms with van der Waals surface area (Å²) < 4.78 is 25.9. The van der Waals surface area contributed by atoms with Crippen molar-refractivity contribution in [2.75, 3.05) is 11.1 Å². The Labute approximate surface area is 143 Å². The fourth-order valence-electron chi connectivity index (χ4n) is 2.06. The third-order valence-corrected chi connectivity index (χ3v) is 4.07. The minimum atomic E-state index is -1.05. The average Bonchev–Trinajstić information content (AvgIpc) is 2.98. The zero-order valence-electron chi connectivity index (χ0n) is 12.5. The van der Waals surface area contributed by atoms with E-state index in [0.29, 0.717) is 16.2 Å². The van der Waals surface area contributed by atoms with Crippen molar-refractivity contribution in [3.63, 3.8) is 0 Å². The molecule has 0 bridgehead atoms. The molecule has 7 nitrogen and oxygen atoms in total. The van der Waals surface area contributed by atoms with Crippen LogP contribution in [0.3, 0.4) is 0 Å². The molecule has 10 heteroatoms. The van der Waals surface area contributed by atoms with Crippen LogP contribution in [0.4, 0.5) is 20.2 Å². The number of imidazole rings is 1. The fourth-order valence-corrected chi connectivity index (χ4v) is 2.75. The van der Waals surface area contributed by atoms with Crippen molar-refractivity contribution >= 4 is 40.1 Å². The van der Waals surface area contributed by atoms with Gasteiger partial charge in [0.2, 0.25) is 5.91 Å². The lowest BCUT2D eigenvalue weighted by atomic mass is 10.3. The molecule has 2 N–H and O–H groups in total. The third-order valence-electron chi connectivity index (χ3n) is 3.20. The number of nitro groups is 1. The van der Waals surface area contributed by atoms with Gasteiger partial charge in [-0.15, -0.1) is 0 Å². The number of hydrogen-bond acceptors (Lipinski definition) is 5. The molecule has 0 radical (unpaired) electrons. The highest BCUT2D eigenvalue weighted by Crippen LogP contribution is 2.23. The Bertz CT molecular complexity index is 977. The number of nitrogens with zero attached hydrogens (tertiary/aromatic N) is 2. The lowest BCUT2D eigenvalue weighted by molar-refractivity contribution is -0.384. The maximum absolute atomic E-state index is 13.1. The van der Waals surface area contributed by atoms with Crippen molar-refractivity contribution in [1.82, 2.24) is 9.97 Å². The van der Waals surface area contributed by atoms with Crippen LogP contribution in [0.2, 0.25) is 0 Å². The number of non-ortho nitro benzene ring substituents is 1. The number of H-pyrrole nitrogens is 1. The van der Waals surface area contributed by atoms with E-state index >= 15 is 0 Å². The van der Waals surface area contributed by atoms with Crippen molar-refractivity contribution in [2.24, 2.45) is 0 Å². The largest absolute Gasteiger partial charge is 0.333 e. The predicted molar refractivity (Wildman–Crippen MR) is 88.5 cm³/mol. The van der Waals surface area contributed by atoms with E-state index in [-0.39, 0.29) is 17.1 Å². The number of fused-ring (bicyclic) bond motifs is 1.